The van der Waals surface area contributed by atoms with Crippen molar-refractivity contribution in [1.29, 1.82) is 0 Å². The molecule has 0 bridgehead atoms. The second-order valence-electron chi connectivity index (χ2n) is 5.35. The molecule has 2 aliphatic rings. The van der Waals surface area contributed by atoms with Crippen molar-refractivity contribution >= 4 is 28.8 Å². The number of carbonyl (C=O) groups is 1. The minimum Gasteiger partial charge on any atom is -0.301 e. The first-order valence-corrected chi connectivity index (χ1v) is 7.65. The Labute approximate surface area is 127 Å². The molecule has 1 spiro atoms. The van der Waals surface area contributed by atoms with Gasteiger partial charge in [-0.3, -0.25) is 12.8 Å². The monoisotopic (exact) mass is 371 g/mol. The SMILES string of the molecule is O=C1N(I)CCC12CN(Cc1ccccc1)CCN2. The number of hydrogen-bond acceptors (Lipinski definition) is 3. The van der Waals surface area contributed by atoms with E-state index >= 15 is 0 Å². The van der Waals surface area contributed by atoms with Gasteiger partial charge in [-0.2, -0.15) is 0 Å². The summed E-state index contributed by atoms with van der Waals surface area (Å²) >= 11 is 2.13. The average Bonchev–Trinajstić information content (AvgIpc) is 2.69. The molecule has 102 valence electrons. The number of hydrogen-bond donors (Lipinski definition) is 1. The molecule has 2 aliphatic heterocycles. The highest BCUT2D eigenvalue weighted by molar-refractivity contribution is 14.1. The fourth-order valence-corrected chi connectivity index (χ4v) is 3.69. The van der Waals surface area contributed by atoms with Gasteiger partial charge in [-0.1, -0.05) is 30.3 Å². The van der Waals surface area contributed by atoms with Gasteiger partial charge in [0, 0.05) is 32.7 Å². The fourth-order valence-electron chi connectivity index (χ4n) is 2.99. The zero-order valence-corrected chi connectivity index (χ0v) is 13.0. The van der Waals surface area contributed by atoms with Crippen LogP contribution in [0.25, 0.3) is 0 Å². The fraction of sp³-hybridized carbons (Fsp3) is 0.500. The predicted molar refractivity (Wildman–Crippen MR) is 82.8 cm³/mol. The molecule has 2 saturated heterocycles. The standard InChI is InChI=1S/C14H18IN3O/c15-18-8-6-14(13(18)19)11-17(9-7-16-14)10-12-4-2-1-3-5-12/h1-5,16H,6-11H2. The van der Waals surface area contributed by atoms with Gasteiger partial charge in [0.2, 0.25) is 0 Å². The minimum absolute atomic E-state index is 0.242. The summed E-state index contributed by atoms with van der Waals surface area (Å²) in [6, 6.07) is 10.5. The van der Waals surface area contributed by atoms with Crippen molar-refractivity contribution in [3.05, 3.63) is 35.9 Å². The largest absolute Gasteiger partial charge is 0.301 e. The summed E-state index contributed by atoms with van der Waals surface area (Å²) in [5, 5.41) is 3.45. The second kappa shape index (κ2) is 5.38. The smallest absolute Gasteiger partial charge is 0.252 e. The molecule has 0 aromatic heterocycles. The Bertz CT molecular complexity index is 463. The molecule has 5 heteroatoms. The van der Waals surface area contributed by atoms with Crippen LogP contribution in [-0.2, 0) is 11.3 Å². The molecular formula is C14H18IN3O. The number of carbonyl (C=O) groups excluding carboxylic acids is 1. The third kappa shape index (κ3) is 2.64. The van der Waals surface area contributed by atoms with Crippen LogP contribution in [0.2, 0.25) is 0 Å². The zero-order chi connectivity index (χ0) is 13.3. The molecule has 1 amide bonds. The summed E-state index contributed by atoms with van der Waals surface area (Å²) in [6.07, 6.45) is 0.917. The van der Waals surface area contributed by atoms with E-state index < -0.39 is 0 Å². The Kier molecular flexibility index (Phi) is 3.77. The van der Waals surface area contributed by atoms with E-state index in [0.29, 0.717) is 0 Å². The van der Waals surface area contributed by atoms with E-state index in [9.17, 15) is 4.79 Å². The summed E-state index contributed by atoms with van der Waals surface area (Å²) in [5.41, 5.74) is 0.977. The molecule has 1 aromatic carbocycles. The van der Waals surface area contributed by atoms with Crippen molar-refractivity contribution in [3.63, 3.8) is 0 Å². The Morgan fingerprint density at radius 2 is 2.05 bits per heavy atom. The van der Waals surface area contributed by atoms with Gasteiger partial charge in [0.1, 0.15) is 5.54 Å². The molecule has 19 heavy (non-hydrogen) atoms. The molecule has 2 heterocycles. The van der Waals surface area contributed by atoms with Crippen molar-refractivity contribution in [2.75, 3.05) is 26.2 Å². The molecule has 4 nitrogen and oxygen atoms in total. The molecular weight excluding hydrogens is 353 g/mol. The Morgan fingerprint density at radius 1 is 1.26 bits per heavy atom. The lowest BCUT2D eigenvalue weighted by Crippen LogP contribution is -2.63. The third-order valence-electron chi connectivity index (χ3n) is 4.00. The lowest BCUT2D eigenvalue weighted by Gasteiger charge is -2.39. The summed E-state index contributed by atoms with van der Waals surface area (Å²) in [5.74, 6) is 0.242. The average molecular weight is 371 g/mol. The topological polar surface area (TPSA) is 35.6 Å². The van der Waals surface area contributed by atoms with E-state index in [2.05, 4.69) is 57.3 Å². The summed E-state index contributed by atoms with van der Waals surface area (Å²) in [6.45, 7) is 4.50. The molecule has 0 saturated carbocycles. The summed E-state index contributed by atoms with van der Waals surface area (Å²) < 4.78 is 1.82. The number of halogens is 1. The molecule has 1 aromatic rings. The molecule has 0 radical (unpaired) electrons. The highest BCUT2D eigenvalue weighted by Crippen LogP contribution is 2.29. The summed E-state index contributed by atoms with van der Waals surface area (Å²) in [4.78, 5) is 14.7. The zero-order valence-electron chi connectivity index (χ0n) is 10.8. The Hall–Kier alpha value is -0.660. The van der Waals surface area contributed by atoms with Crippen LogP contribution in [0.5, 0.6) is 0 Å². The van der Waals surface area contributed by atoms with Crippen LogP contribution in [0, 0.1) is 0 Å². The number of piperazine rings is 1. The second-order valence-corrected chi connectivity index (χ2v) is 6.51. The molecule has 3 rings (SSSR count). The van der Waals surface area contributed by atoms with Crippen LogP contribution in [0.4, 0.5) is 0 Å². The van der Waals surface area contributed by atoms with Crippen LogP contribution >= 0.6 is 22.9 Å². The van der Waals surface area contributed by atoms with Gasteiger partial charge >= 0.3 is 0 Å². The van der Waals surface area contributed by atoms with Gasteiger partial charge in [-0.05, 0) is 12.0 Å². The number of nitrogens with one attached hydrogen (secondary N) is 1. The molecule has 0 aliphatic carbocycles. The van der Waals surface area contributed by atoms with E-state index in [4.69, 9.17) is 0 Å². The van der Waals surface area contributed by atoms with Crippen LogP contribution in [0.15, 0.2) is 30.3 Å². The molecule has 1 unspecified atom stereocenters. The Morgan fingerprint density at radius 3 is 2.74 bits per heavy atom. The predicted octanol–water partition coefficient (Wildman–Crippen LogP) is 1.41. The molecule has 1 atom stereocenters. The normalized spacial score (nSPS) is 28.3. The van der Waals surface area contributed by atoms with E-state index in [1.165, 1.54) is 5.56 Å². The van der Waals surface area contributed by atoms with Gasteiger partial charge in [0.25, 0.3) is 5.91 Å². The van der Waals surface area contributed by atoms with Crippen molar-refractivity contribution in [2.24, 2.45) is 0 Å². The first kappa shape index (κ1) is 13.3. The van der Waals surface area contributed by atoms with E-state index in [-0.39, 0.29) is 11.4 Å². The van der Waals surface area contributed by atoms with Crippen molar-refractivity contribution in [2.45, 2.75) is 18.5 Å². The maximum absolute atomic E-state index is 12.3. The minimum atomic E-state index is -0.339. The highest BCUT2D eigenvalue weighted by atomic mass is 127. The van der Waals surface area contributed by atoms with Crippen LogP contribution in [0.3, 0.4) is 0 Å². The Balaban J connectivity index is 1.70. The van der Waals surface area contributed by atoms with Gasteiger partial charge in [0.15, 0.2) is 0 Å². The van der Waals surface area contributed by atoms with E-state index in [1.54, 1.807) is 0 Å². The molecule has 1 N–H and O–H groups in total. The first-order chi connectivity index (χ1) is 9.20. The number of nitrogens with zero attached hydrogens (tertiary/aromatic N) is 2. The first-order valence-electron chi connectivity index (χ1n) is 6.69. The van der Waals surface area contributed by atoms with Crippen molar-refractivity contribution < 1.29 is 4.79 Å². The third-order valence-corrected chi connectivity index (χ3v) is 4.92. The molecule has 2 fully saturated rings. The van der Waals surface area contributed by atoms with Crippen LogP contribution in [0.1, 0.15) is 12.0 Å². The maximum Gasteiger partial charge on any atom is 0.252 e. The maximum atomic E-state index is 12.3. The van der Waals surface area contributed by atoms with Crippen molar-refractivity contribution in [1.82, 2.24) is 13.3 Å². The lowest BCUT2D eigenvalue weighted by molar-refractivity contribution is -0.130. The number of rotatable bonds is 2. The van der Waals surface area contributed by atoms with Crippen LogP contribution < -0.4 is 5.32 Å². The van der Waals surface area contributed by atoms with Gasteiger partial charge in [0.05, 0.1) is 22.9 Å². The quantitative estimate of drug-likeness (QED) is 0.631. The number of benzene rings is 1. The van der Waals surface area contributed by atoms with Crippen molar-refractivity contribution in [3.8, 4) is 0 Å². The van der Waals surface area contributed by atoms with Gasteiger partial charge in [-0.15, -0.1) is 0 Å². The van der Waals surface area contributed by atoms with E-state index in [1.807, 2.05) is 9.18 Å². The van der Waals surface area contributed by atoms with Crippen LogP contribution in [-0.4, -0.2) is 45.6 Å². The van der Waals surface area contributed by atoms with Gasteiger partial charge in [-0.25, -0.2) is 0 Å². The van der Waals surface area contributed by atoms with Gasteiger partial charge < -0.3 is 5.32 Å². The van der Waals surface area contributed by atoms with E-state index in [0.717, 1.165) is 39.1 Å². The summed E-state index contributed by atoms with van der Waals surface area (Å²) in [7, 11) is 0. The highest BCUT2D eigenvalue weighted by Gasteiger charge is 2.48. The lowest BCUT2D eigenvalue weighted by atomic mass is 9.94. The number of amides is 1.